The van der Waals surface area contributed by atoms with Crippen LogP contribution in [0.5, 0.6) is 0 Å². The number of nitrogens with zero attached hydrogens (tertiary/aromatic N) is 1. The summed E-state index contributed by atoms with van der Waals surface area (Å²) in [5.41, 5.74) is 5.65. The molecule has 3 heteroatoms. The second-order valence-electron chi connectivity index (χ2n) is 4.12. The fraction of sp³-hybridized carbons (Fsp3) is 1.00. The van der Waals surface area contributed by atoms with Gasteiger partial charge < -0.3 is 15.7 Å². The lowest BCUT2D eigenvalue weighted by molar-refractivity contribution is 0.218. The summed E-state index contributed by atoms with van der Waals surface area (Å²) in [5, 5.41) is 8.78. The minimum Gasteiger partial charge on any atom is -0.395 e. The molecule has 1 heterocycles. The van der Waals surface area contributed by atoms with Gasteiger partial charge in [-0.1, -0.05) is 13.8 Å². The van der Waals surface area contributed by atoms with E-state index in [-0.39, 0.29) is 12.6 Å². The van der Waals surface area contributed by atoms with Crippen LogP contribution in [0.1, 0.15) is 13.8 Å². The van der Waals surface area contributed by atoms with E-state index >= 15 is 0 Å². The molecule has 1 aliphatic rings. The highest BCUT2D eigenvalue weighted by Gasteiger charge is 2.26. The second-order valence-corrected chi connectivity index (χ2v) is 4.12. The topological polar surface area (TPSA) is 49.5 Å². The molecule has 0 saturated carbocycles. The lowest BCUT2D eigenvalue weighted by Crippen LogP contribution is -2.38. The molecule has 1 fully saturated rings. The molecule has 0 bridgehead atoms. The highest BCUT2D eigenvalue weighted by Crippen LogP contribution is 2.21. The molecule has 0 spiro atoms. The van der Waals surface area contributed by atoms with E-state index in [1.165, 1.54) is 0 Å². The number of rotatable bonds is 3. The maximum atomic E-state index is 8.78. The molecular weight excluding hydrogens is 152 g/mol. The summed E-state index contributed by atoms with van der Waals surface area (Å²) in [4.78, 5) is 2.34. The Morgan fingerprint density at radius 3 is 2.33 bits per heavy atom. The Balaban J connectivity index is 2.27. The summed E-state index contributed by atoms with van der Waals surface area (Å²) < 4.78 is 0. The first-order valence-electron chi connectivity index (χ1n) is 4.72. The fourth-order valence-electron chi connectivity index (χ4n) is 1.79. The third kappa shape index (κ3) is 2.44. The molecule has 3 N–H and O–H groups in total. The Hall–Kier alpha value is -0.120. The number of hydrogen-bond acceptors (Lipinski definition) is 3. The van der Waals surface area contributed by atoms with Crippen molar-refractivity contribution in [2.75, 3.05) is 26.2 Å². The van der Waals surface area contributed by atoms with Gasteiger partial charge in [-0.2, -0.15) is 0 Å². The molecule has 72 valence electrons. The van der Waals surface area contributed by atoms with Crippen LogP contribution in [-0.4, -0.2) is 42.3 Å². The van der Waals surface area contributed by atoms with Gasteiger partial charge in [0.05, 0.1) is 6.61 Å². The number of aliphatic hydroxyl groups excluding tert-OH is 1. The fourth-order valence-corrected chi connectivity index (χ4v) is 1.79. The predicted octanol–water partition coefficient (Wildman–Crippen LogP) is -0.106. The van der Waals surface area contributed by atoms with E-state index in [4.69, 9.17) is 10.8 Å². The van der Waals surface area contributed by atoms with Crippen molar-refractivity contribution in [1.29, 1.82) is 0 Å². The molecule has 3 unspecified atom stereocenters. The summed E-state index contributed by atoms with van der Waals surface area (Å²) in [7, 11) is 0. The van der Waals surface area contributed by atoms with Crippen molar-refractivity contribution in [3.05, 3.63) is 0 Å². The van der Waals surface area contributed by atoms with E-state index < -0.39 is 0 Å². The van der Waals surface area contributed by atoms with Gasteiger partial charge in [0.15, 0.2) is 0 Å². The molecule has 0 aromatic carbocycles. The van der Waals surface area contributed by atoms with Crippen LogP contribution in [0, 0.1) is 11.8 Å². The SMILES string of the molecule is CC1CN(CC(N)CO)CC1C. The van der Waals surface area contributed by atoms with Crippen LogP contribution < -0.4 is 5.73 Å². The number of aliphatic hydroxyl groups is 1. The van der Waals surface area contributed by atoms with Crippen molar-refractivity contribution >= 4 is 0 Å². The second kappa shape index (κ2) is 4.21. The van der Waals surface area contributed by atoms with Crippen LogP contribution in [-0.2, 0) is 0 Å². The van der Waals surface area contributed by atoms with Crippen LogP contribution in [0.3, 0.4) is 0 Å². The molecular formula is C9H20N2O. The van der Waals surface area contributed by atoms with Crippen molar-refractivity contribution in [3.8, 4) is 0 Å². The maximum absolute atomic E-state index is 8.78. The highest BCUT2D eigenvalue weighted by atomic mass is 16.3. The Morgan fingerprint density at radius 2 is 1.92 bits per heavy atom. The lowest BCUT2D eigenvalue weighted by Gasteiger charge is -2.18. The molecule has 1 aliphatic heterocycles. The van der Waals surface area contributed by atoms with Crippen molar-refractivity contribution in [3.63, 3.8) is 0 Å². The van der Waals surface area contributed by atoms with Crippen LogP contribution in [0.15, 0.2) is 0 Å². The van der Waals surface area contributed by atoms with E-state index in [0.29, 0.717) is 0 Å². The minimum absolute atomic E-state index is 0.0671. The zero-order chi connectivity index (χ0) is 9.14. The summed E-state index contributed by atoms with van der Waals surface area (Å²) >= 11 is 0. The Morgan fingerprint density at radius 1 is 1.42 bits per heavy atom. The van der Waals surface area contributed by atoms with Gasteiger partial charge in [-0.05, 0) is 11.8 Å². The Kier molecular flexibility index (Phi) is 3.50. The van der Waals surface area contributed by atoms with E-state index in [2.05, 4.69) is 18.7 Å². The van der Waals surface area contributed by atoms with Gasteiger partial charge in [-0.15, -0.1) is 0 Å². The summed E-state index contributed by atoms with van der Waals surface area (Å²) in [6.07, 6.45) is 0. The van der Waals surface area contributed by atoms with Gasteiger partial charge in [0.1, 0.15) is 0 Å². The zero-order valence-corrected chi connectivity index (χ0v) is 8.03. The smallest absolute Gasteiger partial charge is 0.0595 e. The molecule has 1 rings (SSSR count). The molecule has 0 aromatic heterocycles. The monoisotopic (exact) mass is 172 g/mol. The quantitative estimate of drug-likeness (QED) is 0.624. The van der Waals surface area contributed by atoms with Crippen molar-refractivity contribution in [2.24, 2.45) is 17.6 Å². The first-order valence-corrected chi connectivity index (χ1v) is 4.72. The number of hydrogen-bond donors (Lipinski definition) is 2. The van der Waals surface area contributed by atoms with Gasteiger partial charge in [0.2, 0.25) is 0 Å². The average molecular weight is 172 g/mol. The minimum atomic E-state index is -0.0671. The molecule has 12 heavy (non-hydrogen) atoms. The van der Waals surface area contributed by atoms with E-state index in [1.54, 1.807) is 0 Å². The lowest BCUT2D eigenvalue weighted by atomic mass is 10.0. The highest BCUT2D eigenvalue weighted by molar-refractivity contribution is 4.80. The first-order chi connectivity index (χ1) is 5.63. The van der Waals surface area contributed by atoms with Crippen LogP contribution in [0.25, 0.3) is 0 Å². The van der Waals surface area contributed by atoms with Gasteiger partial charge in [-0.3, -0.25) is 0 Å². The number of likely N-dealkylation sites (tertiary alicyclic amines) is 1. The van der Waals surface area contributed by atoms with Crippen molar-refractivity contribution in [2.45, 2.75) is 19.9 Å². The van der Waals surface area contributed by atoms with Gasteiger partial charge in [0, 0.05) is 25.7 Å². The van der Waals surface area contributed by atoms with E-state index in [0.717, 1.165) is 31.5 Å². The normalized spacial score (nSPS) is 34.0. The van der Waals surface area contributed by atoms with Crippen molar-refractivity contribution in [1.82, 2.24) is 4.90 Å². The van der Waals surface area contributed by atoms with Crippen LogP contribution in [0.2, 0.25) is 0 Å². The maximum Gasteiger partial charge on any atom is 0.0595 e. The molecule has 3 atom stereocenters. The van der Waals surface area contributed by atoms with Gasteiger partial charge in [-0.25, -0.2) is 0 Å². The van der Waals surface area contributed by atoms with E-state index in [9.17, 15) is 0 Å². The number of nitrogens with two attached hydrogens (primary N) is 1. The first kappa shape index (κ1) is 9.96. The van der Waals surface area contributed by atoms with Crippen molar-refractivity contribution < 1.29 is 5.11 Å². The molecule has 0 aromatic rings. The zero-order valence-electron chi connectivity index (χ0n) is 8.03. The van der Waals surface area contributed by atoms with Gasteiger partial charge >= 0.3 is 0 Å². The molecule has 0 aliphatic carbocycles. The van der Waals surface area contributed by atoms with Gasteiger partial charge in [0.25, 0.3) is 0 Å². The standard InChI is InChI=1S/C9H20N2O/c1-7-3-11(4-8(7)2)5-9(10)6-12/h7-9,12H,3-6,10H2,1-2H3. The summed E-state index contributed by atoms with van der Waals surface area (Å²) in [6, 6.07) is -0.0671. The molecule has 0 radical (unpaired) electrons. The Bertz CT molecular complexity index is 130. The van der Waals surface area contributed by atoms with Crippen LogP contribution in [0.4, 0.5) is 0 Å². The Labute approximate surface area is 74.5 Å². The summed E-state index contributed by atoms with van der Waals surface area (Å²) in [6.45, 7) is 7.75. The third-order valence-corrected chi connectivity index (χ3v) is 2.79. The van der Waals surface area contributed by atoms with E-state index in [1.807, 2.05) is 0 Å². The summed E-state index contributed by atoms with van der Waals surface area (Å²) in [5.74, 6) is 1.55. The average Bonchev–Trinajstić information content (AvgIpc) is 2.31. The largest absolute Gasteiger partial charge is 0.395 e. The molecule has 1 saturated heterocycles. The third-order valence-electron chi connectivity index (χ3n) is 2.79. The predicted molar refractivity (Wildman–Crippen MR) is 49.8 cm³/mol. The van der Waals surface area contributed by atoms with Crippen LogP contribution >= 0.6 is 0 Å². The molecule has 3 nitrogen and oxygen atoms in total. The molecule has 0 amide bonds.